The van der Waals surface area contributed by atoms with Crippen molar-refractivity contribution in [2.75, 3.05) is 5.32 Å². The van der Waals surface area contributed by atoms with E-state index < -0.39 is 0 Å². The predicted molar refractivity (Wildman–Crippen MR) is 95.9 cm³/mol. The molecule has 0 aromatic carbocycles. The summed E-state index contributed by atoms with van der Waals surface area (Å²) in [7, 11) is 0. The molecule has 24 heavy (non-hydrogen) atoms. The van der Waals surface area contributed by atoms with E-state index >= 15 is 0 Å². The molecule has 5 heteroatoms. The molecule has 0 saturated carbocycles. The van der Waals surface area contributed by atoms with Gasteiger partial charge in [0.1, 0.15) is 0 Å². The number of Topliss-reactive ketones (excluding diaryl/α,β-unsaturated/α-hetero) is 1. The van der Waals surface area contributed by atoms with E-state index in [1.165, 1.54) is 0 Å². The van der Waals surface area contributed by atoms with Gasteiger partial charge in [0.25, 0.3) is 0 Å². The smallest absolute Gasteiger partial charge is 0.161 e. The summed E-state index contributed by atoms with van der Waals surface area (Å²) in [5.41, 5.74) is 4.15. The molecular weight excluding hydrogens is 322 g/mol. The number of hydrogen-bond donors (Lipinski definition) is 2. The monoisotopic (exact) mass is 343 g/mol. The van der Waals surface area contributed by atoms with Crippen LogP contribution in [0.1, 0.15) is 50.3 Å². The van der Waals surface area contributed by atoms with Gasteiger partial charge in [-0.2, -0.15) is 5.10 Å². The van der Waals surface area contributed by atoms with Crippen LogP contribution in [-0.2, 0) is 4.79 Å². The van der Waals surface area contributed by atoms with Crippen LogP contribution in [0, 0.1) is 18.3 Å². The zero-order valence-electron chi connectivity index (χ0n) is 14.2. The van der Waals surface area contributed by atoms with Gasteiger partial charge < -0.3 is 5.32 Å². The van der Waals surface area contributed by atoms with Gasteiger partial charge in [-0.1, -0.05) is 37.6 Å². The first kappa shape index (κ1) is 15.7. The second-order valence-corrected chi connectivity index (χ2v) is 8.33. The number of nitrogens with zero attached hydrogens (tertiary/aromatic N) is 1. The molecule has 3 aliphatic rings. The van der Waals surface area contributed by atoms with E-state index in [4.69, 9.17) is 11.6 Å². The molecule has 1 aromatic rings. The first-order chi connectivity index (χ1) is 11.4. The van der Waals surface area contributed by atoms with Gasteiger partial charge in [-0.05, 0) is 37.2 Å². The molecule has 4 rings (SSSR count). The fourth-order valence-electron chi connectivity index (χ4n) is 4.29. The third-order valence-electron chi connectivity index (χ3n) is 5.32. The molecule has 0 amide bonds. The number of nitrogens with one attached hydrogen (secondary N) is 2. The summed E-state index contributed by atoms with van der Waals surface area (Å²) in [4.78, 5) is 13.0. The molecule has 2 unspecified atom stereocenters. The van der Waals surface area contributed by atoms with Gasteiger partial charge in [0.05, 0.1) is 0 Å². The minimum absolute atomic E-state index is 0.0120. The van der Waals surface area contributed by atoms with Crippen molar-refractivity contribution in [3.8, 4) is 0 Å². The number of rotatable bonds is 1. The Balaban J connectivity index is 1.84. The average Bonchev–Trinajstić information content (AvgIpc) is 2.86. The SMILES string of the molecule is Cc1[nH]nc2c1C(C1C=CC(Cl)=CC1)C1=C(CC(C)(C)CC1=O)N2. The fourth-order valence-corrected chi connectivity index (χ4v) is 4.46. The number of fused-ring (bicyclic) bond motifs is 1. The maximum atomic E-state index is 13.0. The molecule has 0 bridgehead atoms. The number of aromatic amines is 1. The van der Waals surface area contributed by atoms with Crippen LogP contribution in [0.2, 0.25) is 0 Å². The Hall–Kier alpha value is -1.81. The summed E-state index contributed by atoms with van der Waals surface area (Å²) >= 11 is 6.10. The molecular formula is C19H22ClN3O. The first-order valence-electron chi connectivity index (χ1n) is 8.48. The number of carbonyl (C=O) groups excluding carboxylic acids is 1. The fraction of sp³-hybridized carbons (Fsp3) is 0.474. The molecule has 0 saturated heterocycles. The first-order valence-corrected chi connectivity index (χ1v) is 8.85. The molecule has 2 aliphatic carbocycles. The summed E-state index contributed by atoms with van der Waals surface area (Å²) < 4.78 is 0. The molecule has 2 atom stereocenters. The highest BCUT2D eigenvalue weighted by Gasteiger charge is 2.43. The summed E-state index contributed by atoms with van der Waals surface area (Å²) in [6, 6.07) is 0. The van der Waals surface area contributed by atoms with Crippen LogP contribution in [-0.4, -0.2) is 16.0 Å². The standard InChI is InChI=1S/C19H22ClN3O/c1-10-15-16(11-4-6-12(20)7-5-11)17-13(21-18(15)23-22-10)8-19(2,3)9-14(17)24/h4,6-7,11,16H,5,8-9H2,1-3H3,(H2,21,22,23). The number of aryl methyl sites for hydroxylation is 1. The van der Waals surface area contributed by atoms with Crippen LogP contribution in [0.3, 0.4) is 0 Å². The Bertz CT molecular complexity index is 813. The Morgan fingerprint density at radius 2 is 2.12 bits per heavy atom. The quantitative estimate of drug-likeness (QED) is 0.785. The zero-order valence-corrected chi connectivity index (χ0v) is 15.0. The highest BCUT2D eigenvalue weighted by molar-refractivity contribution is 6.31. The minimum Gasteiger partial charge on any atom is -0.342 e. The van der Waals surface area contributed by atoms with Crippen molar-refractivity contribution in [1.82, 2.24) is 10.2 Å². The summed E-state index contributed by atoms with van der Waals surface area (Å²) in [5, 5.41) is 11.7. The Morgan fingerprint density at radius 3 is 2.83 bits per heavy atom. The number of allylic oxidation sites excluding steroid dienone is 6. The number of hydrogen-bond acceptors (Lipinski definition) is 3. The van der Waals surface area contributed by atoms with Gasteiger partial charge >= 0.3 is 0 Å². The average molecular weight is 344 g/mol. The third kappa shape index (κ3) is 2.44. The van der Waals surface area contributed by atoms with Crippen LogP contribution < -0.4 is 5.32 Å². The van der Waals surface area contributed by atoms with Gasteiger partial charge in [0.15, 0.2) is 11.6 Å². The van der Waals surface area contributed by atoms with Gasteiger partial charge in [0.2, 0.25) is 0 Å². The molecule has 2 N–H and O–H groups in total. The Morgan fingerprint density at radius 1 is 1.33 bits per heavy atom. The lowest BCUT2D eigenvalue weighted by atomic mass is 9.66. The van der Waals surface area contributed by atoms with E-state index in [0.717, 1.165) is 46.2 Å². The topological polar surface area (TPSA) is 57.8 Å². The molecule has 1 aromatic heterocycles. The lowest BCUT2D eigenvalue weighted by Gasteiger charge is -2.40. The second-order valence-electron chi connectivity index (χ2n) is 7.89. The lowest BCUT2D eigenvalue weighted by Crippen LogP contribution is -2.35. The molecule has 2 heterocycles. The largest absolute Gasteiger partial charge is 0.342 e. The number of aromatic nitrogens is 2. The Kier molecular flexibility index (Phi) is 3.50. The van der Waals surface area contributed by atoms with E-state index in [-0.39, 0.29) is 23.0 Å². The summed E-state index contributed by atoms with van der Waals surface area (Å²) in [5.74, 6) is 1.42. The maximum absolute atomic E-state index is 13.0. The van der Waals surface area contributed by atoms with Crippen LogP contribution in [0.15, 0.2) is 34.5 Å². The lowest BCUT2D eigenvalue weighted by molar-refractivity contribution is -0.118. The number of H-pyrrole nitrogens is 1. The van der Waals surface area contributed by atoms with Gasteiger partial charge in [-0.15, -0.1) is 0 Å². The Labute approximate surface area is 147 Å². The summed E-state index contributed by atoms with van der Waals surface area (Å²) in [6.45, 7) is 6.33. The number of ketones is 1. The second kappa shape index (κ2) is 5.35. The van der Waals surface area contributed by atoms with Crippen LogP contribution in [0.25, 0.3) is 0 Å². The maximum Gasteiger partial charge on any atom is 0.161 e. The molecule has 1 aliphatic heterocycles. The normalized spacial score (nSPS) is 28.2. The minimum atomic E-state index is -0.0120. The van der Waals surface area contributed by atoms with Crippen LogP contribution in [0.5, 0.6) is 0 Å². The number of anilines is 1. The molecule has 0 radical (unpaired) electrons. The van der Waals surface area contributed by atoms with Gasteiger partial charge in [-0.25, -0.2) is 0 Å². The van der Waals surface area contributed by atoms with Crippen molar-refractivity contribution in [2.45, 2.75) is 46.0 Å². The molecule has 0 fully saturated rings. The molecule has 126 valence electrons. The van der Waals surface area contributed by atoms with E-state index in [1.54, 1.807) is 0 Å². The van der Waals surface area contributed by atoms with Crippen LogP contribution in [0.4, 0.5) is 5.82 Å². The van der Waals surface area contributed by atoms with Gasteiger partial charge in [-0.3, -0.25) is 9.89 Å². The van der Waals surface area contributed by atoms with E-state index in [2.05, 4.69) is 35.4 Å². The summed E-state index contributed by atoms with van der Waals surface area (Å²) in [6.07, 6.45) is 8.46. The predicted octanol–water partition coefficient (Wildman–Crippen LogP) is 4.57. The van der Waals surface area contributed by atoms with E-state index in [0.29, 0.717) is 6.42 Å². The number of carbonyl (C=O) groups is 1. The zero-order chi connectivity index (χ0) is 17.1. The van der Waals surface area contributed by atoms with E-state index in [9.17, 15) is 4.79 Å². The van der Waals surface area contributed by atoms with Crippen molar-refractivity contribution >= 4 is 23.2 Å². The van der Waals surface area contributed by atoms with E-state index in [1.807, 2.05) is 19.1 Å². The van der Waals surface area contributed by atoms with Gasteiger partial charge in [0, 0.05) is 39.9 Å². The molecule has 0 spiro atoms. The van der Waals surface area contributed by atoms with Crippen molar-refractivity contribution in [2.24, 2.45) is 11.3 Å². The van der Waals surface area contributed by atoms with Crippen LogP contribution >= 0.6 is 11.6 Å². The highest BCUT2D eigenvalue weighted by Crippen LogP contribution is 2.50. The third-order valence-corrected chi connectivity index (χ3v) is 5.60. The van der Waals surface area contributed by atoms with Crippen molar-refractivity contribution in [1.29, 1.82) is 0 Å². The number of halogens is 1. The van der Waals surface area contributed by atoms with Crippen molar-refractivity contribution in [3.05, 3.63) is 45.8 Å². The van der Waals surface area contributed by atoms with Crippen molar-refractivity contribution < 1.29 is 4.79 Å². The highest BCUT2D eigenvalue weighted by atomic mass is 35.5. The molecule has 4 nitrogen and oxygen atoms in total. The van der Waals surface area contributed by atoms with Crippen molar-refractivity contribution in [3.63, 3.8) is 0 Å².